The summed E-state index contributed by atoms with van der Waals surface area (Å²) in [5, 5.41) is 3.21. The first-order chi connectivity index (χ1) is 19.2. The molecule has 212 valence electrons. The number of halogens is 1. The first-order valence-corrected chi connectivity index (χ1v) is 16.3. The predicted octanol–water partition coefficient (Wildman–Crippen LogP) is 5.30. The van der Waals surface area contributed by atoms with E-state index in [2.05, 4.69) is 21.2 Å². The molecule has 0 bridgehead atoms. The third kappa shape index (κ3) is 8.41. The monoisotopic (exact) mass is 625 g/mol. The number of hydrogen-bond donors (Lipinski definition) is 1. The van der Waals surface area contributed by atoms with E-state index >= 15 is 0 Å². The van der Waals surface area contributed by atoms with Gasteiger partial charge >= 0.3 is 0 Å². The van der Waals surface area contributed by atoms with E-state index in [9.17, 15) is 18.0 Å². The molecule has 0 aromatic heterocycles. The van der Waals surface area contributed by atoms with Crippen LogP contribution in [0.1, 0.15) is 43.2 Å². The zero-order valence-electron chi connectivity index (χ0n) is 22.7. The number of hydrogen-bond acceptors (Lipinski definition) is 4. The Kier molecular flexibility index (Phi) is 10.4. The molecule has 0 aliphatic heterocycles. The van der Waals surface area contributed by atoms with Gasteiger partial charge in [-0.25, -0.2) is 8.42 Å². The second kappa shape index (κ2) is 13.9. The van der Waals surface area contributed by atoms with Gasteiger partial charge in [-0.2, -0.15) is 0 Å². The minimum absolute atomic E-state index is 0.0727. The smallest absolute Gasteiger partial charge is 0.244 e. The number of nitrogens with zero attached hydrogens (tertiary/aromatic N) is 2. The van der Waals surface area contributed by atoms with Crippen LogP contribution < -0.4 is 9.62 Å². The molecule has 0 unspecified atom stereocenters. The Morgan fingerprint density at radius 1 is 0.875 bits per heavy atom. The maximum atomic E-state index is 14.1. The van der Waals surface area contributed by atoms with Crippen molar-refractivity contribution in [2.45, 2.75) is 57.2 Å². The van der Waals surface area contributed by atoms with Crippen LogP contribution in [-0.2, 0) is 32.6 Å². The average Bonchev–Trinajstić information content (AvgIpc) is 2.95. The van der Waals surface area contributed by atoms with Crippen molar-refractivity contribution in [1.29, 1.82) is 0 Å². The number of nitrogens with one attached hydrogen (secondary N) is 1. The van der Waals surface area contributed by atoms with Crippen molar-refractivity contribution in [2.24, 2.45) is 0 Å². The Labute approximate surface area is 245 Å². The Bertz CT molecular complexity index is 1360. The predicted molar refractivity (Wildman–Crippen MR) is 162 cm³/mol. The highest BCUT2D eigenvalue weighted by Gasteiger charge is 2.34. The molecule has 0 spiro atoms. The summed E-state index contributed by atoms with van der Waals surface area (Å²) >= 11 is 3.38. The minimum Gasteiger partial charge on any atom is -0.352 e. The molecule has 1 saturated carbocycles. The molecule has 1 aliphatic rings. The molecule has 40 heavy (non-hydrogen) atoms. The second-order valence-electron chi connectivity index (χ2n) is 10.3. The van der Waals surface area contributed by atoms with E-state index in [-0.39, 0.29) is 18.5 Å². The molecule has 4 rings (SSSR count). The Hall–Kier alpha value is -3.17. The van der Waals surface area contributed by atoms with Crippen LogP contribution in [0.5, 0.6) is 0 Å². The molecule has 1 aliphatic carbocycles. The normalized spacial score (nSPS) is 14.8. The number of sulfonamides is 1. The summed E-state index contributed by atoms with van der Waals surface area (Å²) in [6.07, 6.45) is 6.53. The highest BCUT2D eigenvalue weighted by atomic mass is 79.9. The van der Waals surface area contributed by atoms with E-state index in [0.717, 1.165) is 58.3 Å². The SMILES string of the molecule is CS(=O)(=O)N(CC(=O)N(Cc1ccccc1)[C@H](Cc1ccccc1)C(=O)NC1CCCCC1)c1ccc(Br)cc1. The van der Waals surface area contributed by atoms with Gasteiger partial charge in [0.05, 0.1) is 11.9 Å². The van der Waals surface area contributed by atoms with Gasteiger partial charge in [-0.3, -0.25) is 13.9 Å². The lowest BCUT2D eigenvalue weighted by Gasteiger charge is -2.35. The maximum Gasteiger partial charge on any atom is 0.244 e. The van der Waals surface area contributed by atoms with Gasteiger partial charge in [0.25, 0.3) is 0 Å². The molecular formula is C31H36BrN3O4S. The minimum atomic E-state index is -3.79. The molecular weight excluding hydrogens is 590 g/mol. The van der Waals surface area contributed by atoms with Crippen molar-refractivity contribution in [2.75, 3.05) is 17.1 Å². The molecule has 0 saturated heterocycles. The van der Waals surface area contributed by atoms with Crippen LogP contribution in [0.25, 0.3) is 0 Å². The fraction of sp³-hybridized carbons (Fsp3) is 0.355. The number of anilines is 1. The largest absolute Gasteiger partial charge is 0.352 e. The van der Waals surface area contributed by atoms with Gasteiger partial charge in [-0.15, -0.1) is 0 Å². The fourth-order valence-corrected chi connectivity index (χ4v) is 6.21. The first kappa shape index (κ1) is 29.8. The summed E-state index contributed by atoms with van der Waals surface area (Å²) in [7, 11) is -3.79. The molecule has 0 heterocycles. The van der Waals surface area contributed by atoms with Crippen LogP contribution in [0.15, 0.2) is 89.4 Å². The third-order valence-corrected chi connectivity index (χ3v) is 8.88. The van der Waals surface area contributed by atoms with Gasteiger partial charge in [0.15, 0.2) is 0 Å². The van der Waals surface area contributed by atoms with Crippen molar-refractivity contribution in [3.05, 3.63) is 101 Å². The molecule has 1 fully saturated rings. The number of carbonyl (C=O) groups is 2. The summed E-state index contributed by atoms with van der Waals surface area (Å²) in [5.41, 5.74) is 2.16. The van der Waals surface area contributed by atoms with Gasteiger partial charge in [-0.1, -0.05) is 95.9 Å². The number of amides is 2. The molecule has 0 radical (unpaired) electrons. The van der Waals surface area contributed by atoms with Gasteiger partial charge in [-0.05, 0) is 48.2 Å². The Morgan fingerprint density at radius 3 is 2.02 bits per heavy atom. The highest BCUT2D eigenvalue weighted by molar-refractivity contribution is 9.10. The quantitative estimate of drug-likeness (QED) is 0.313. The summed E-state index contributed by atoms with van der Waals surface area (Å²) in [5.74, 6) is -0.661. The average molecular weight is 627 g/mol. The van der Waals surface area contributed by atoms with Crippen LogP contribution in [0, 0.1) is 0 Å². The summed E-state index contributed by atoms with van der Waals surface area (Å²) in [4.78, 5) is 29.5. The lowest BCUT2D eigenvalue weighted by atomic mass is 9.94. The van der Waals surface area contributed by atoms with E-state index in [0.29, 0.717) is 12.1 Å². The van der Waals surface area contributed by atoms with E-state index in [1.165, 1.54) is 4.90 Å². The van der Waals surface area contributed by atoms with Crippen molar-refractivity contribution in [3.63, 3.8) is 0 Å². The molecule has 7 nitrogen and oxygen atoms in total. The number of rotatable bonds is 11. The van der Waals surface area contributed by atoms with Crippen LogP contribution in [-0.4, -0.2) is 50.0 Å². The first-order valence-electron chi connectivity index (χ1n) is 13.6. The van der Waals surface area contributed by atoms with Crippen LogP contribution in [0.3, 0.4) is 0 Å². The molecule has 9 heteroatoms. The van der Waals surface area contributed by atoms with Crippen LogP contribution >= 0.6 is 15.9 Å². The summed E-state index contributed by atoms with van der Waals surface area (Å²) < 4.78 is 27.6. The Balaban J connectivity index is 1.69. The lowest BCUT2D eigenvalue weighted by Crippen LogP contribution is -2.55. The summed E-state index contributed by atoms with van der Waals surface area (Å²) in [6, 6.07) is 25.1. The molecule has 2 amide bonds. The lowest BCUT2D eigenvalue weighted by molar-refractivity contribution is -0.140. The molecule has 1 N–H and O–H groups in total. The molecule has 3 aromatic carbocycles. The zero-order chi connectivity index (χ0) is 28.5. The van der Waals surface area contributed by atoms with Crippen molar-refractivity contribution >= 4 is 43.5 Å². The topological polar surface area (TPSA) is 86.8 Å². The van der Waals surface area contributed by atoms with E-state index in [1.54, 1.807) is 24.3 Å². The van der Waals surface area contributed by atoms with Crippen molar-refractivity contribution in [1.82, 2.24) is 10.2 Å². The Morgan fingerprint density at radius 2 is 1.45 bits per heavy atom. The van der Waals surface area contributed by atoms with Crippen molar-refractivity contribution < 1.29 is 18.0 Å². The van der Waals surface area contributed by atoms with Crippen molar-refractivity contribution in [3.8, 4) is 0 Å². The van der Waals surface area contributed by atoms with E-state index in [1.807, 2.05) is 60.7 Å². The van der Waals surface area contributed by atoms with Gasteiger partial charge in [0.1, 0.15) is 12.6 Å². The standard InChI is InChI=1S/C31H36BrN3O4S/c1-40(38,39)35(28-19-17-26(32)18-20-28)23-30(36)34(22-25-13-7-3-8-14-25)29(21-24-11-5-2-6-12-24)31(37)33-27-15-9-4-10-16-27/h2-3,5-8,11-14,17-20,27,29H,4,9-10,15-16,21-23H2,1H3,(H,33,37)/t29-/m1/s1. The maximum absolute atomic E-state index is 14.1. The number of benzene rings is 3. The summed E-state index contributed by atoms with van der Waals surface area (Å²) in [6.45, 7) is -0.248. The fourth-order valence-electron chi connectivity index (χ4n) is 5.10. The van der Waals surface area contributed by atoms with Gasteiger partial charge in [0.2, 0.25) is 21.8 Å². The second-order valence-corrected chi connectivity index (χ2v) is 13.1. The van der Waals surface area contributed by atoms with Gasteiger partial charge in [0, 0.05) is 23.5 Å². The van der Waals surface area contributed by atoms with Crippen LogP contribution in [0.2, 0.25) is 0 Å². The zero-order valence-corrected chi connectivity index (χ0v) is 25.1. The van der Waals surface area contributed by atoms with E-state index in [4.69, 9.17) is 0 Å². The van der Waals surface area contributed by atoms with Crippen LogP contribution in [0.4, 0.5) is 5.69 Å². The highest BCUT2D eigenvalue weighted by Crippen LogP contribution is 2.23. The van der Waals surface area contributed by atoms with E-state index < -0.39 is 28.5 Å². The van der Waals surface area contributed by atoms with Gasteiger partial charge < -0.3 is 10.2 Å². The molecule has 1 atom stereocenters. The molecule has 3 aromatic rings. The number of carbonyl (C=O) groups excluding carboxylic acids is 2. The third-order valence-electron chi connectivity index (χ3n) is 7.21.